The molecule has 1 aliphatic heterocycles. The lowest BCUT2D eigenvalue weighted by Gasteiger charge is -2.16. The maximum Gasteiger partial charge on any atom is 0.123 e. The van der Waals surface area contributed by atoms with Gasteiger partial charge in [0.25, 0.3) is 0 Å². The van der Waals surface area contributed by atoms with Crippen molar-refractivity contribution in [1.29, 1.82) is 0 Å². The lowest BCUT2D eigenvalue weighted by atomic mass is 10.1. The molecule has 1 N–H and O–H groups in total. The maximum atomic E-state index is 6.01. The molecule has 0 aromatic heterocycles. The van der Waals surface area contributed by atoms with Gasteiger partial charge in [-0.3, -0.25) is 0 Å². The van der Waals surface area contributed by atoms with Gasteiger partial charge in [-0.2, -0.15) is 0 Å². The fraction of sp³-hybridized carbons (Fsp3) is 0.538. The Hall–Kier alpha value is -1.02. The van der Waals surface area contributed by atoms with Crippen molar-refractivity contribution < 1.29 is 4.74 Å². The summed E-state index contributed by atoms with van der Waals surface area (Å²) in [4.78, 5) is 0. The van der Waals surface area contributed by atoms with Gasteiger partial charge in [0, 0.05) is 6.54 Å². The van der Waals surface area contributed by atoms with Crippen molar-refractivity contribution in [3.05, 3.63) is 28.8 Å². The predicted octanol–water partition coefficient (Wildman–Crippen LogP) is 2.35. The summed E-state index contributed by atoms with van der Waals surface area (Å²) >= 11 is 0. The first-order chi connectivity index (χ1) is 7.16. The van der Waals surface area contributed by atoms with Gasteiger partial charge in [0.15, 0.2) is 0 Å². The summed E-state index contributed by atoms with van der Waals surface area (Å²) in [6, 6.07) is 4.34. The molecule has 1 heterocycles. The van der Waals surface area contributed by atoms with Crippen LogP contribution in [0.4, 0.5) is 0 Å². The molecular formula is C13H19NO. The average molecular weight is 205 g/mol. The van der Waals surface area contributed by atoms with Crippen LogP contribution in [0.5, 0.6) is 5.75 Å². The summed E-state index contributed by atoms with van der Waals surface area (Å²) in [5.41, 5.74) is 3.86. The Bertz CT molecular complexity index is 354. The van der Waals surface area contributed by atoms with E-state index in [0.29, 0.717) is 6.10 Å². The van der Waals surface area contributed by atoms with Crippen LogP contribution in [0.1, 0.15) is 23.1 Å². The molecule has 0 amide bonds. The zero-order valence-corrected chi connectivity index (χ0v) is 9.76. The van der Waals surface area contributed by atoms with Gasteiger partial charge in [-0.25, -0.2) is 0 Å². The van der Waals surface area contributed by atoms with E-state index >= 15 is 0 Å². The summed E-state index contributed by atoms with van der Waals surface area (Å²) < 4.78 is 6.01. The molecule has 1 aromatic carbocycles. The Labute approximate surface area is 91.6 Å². The molecule has 0 aliphatic carbocycles. The minimum atomic E-state index is 0.352. The van der Waals surface area contributed by atoms with Crippen molar-refractivity contribution >= 4 is 0 Å². The van der Waals surface area contributed by atoms with Gasteiger partial charge in [0.05, 0.1) is 0 Å². The quantitative estimate of drug-likeness (QED) is 0.800. The van der Waals surface area contributed by atoms with Gasteiger partial charge in [0.1, 0.15) is 11.9 Å². The van der Waals surface area contributed by atoms with Gasteiger partial charge < -0.3 is 10.1 Å². The van der Waals surface area contributed by atoms with Crippen molar-refractivity contribution in [2.24, 2.45) is 0 Å². The SMILES string of the molecule is Cc1cc(C)c(C)c(OC2CCNC2)c1. The van der Waals surface area contributed by atoms with Crippen molar-refractivity contribution in [3.63, 3.8) is 0 Å². The summed E-state index contributed by atoms with van der Waals surface area (Å²) in [7, 11) is 0. The molecule has 0 spiro atoms. The highest BCUT2D eigenvalue weighted by atomic mass is 16.5. The lowest BCUT2D eigenvalue weighted by molar-refractivity contribution is 0.221. The Morgan fingerprint density at radius 2 is 2.07 bits per heavy atom. The topological polar surface area (TPSA) is 21.3 Å². The van der Waals surface area contributed by atoms with E-state index in [1.807, 2.05) is 0 Å². The lowest BCUT2D eigenvalue weighted by Crippen LogP contribution is -2.20. The van der Waals surface area contributed by atoms with E-state index < -0.39 is 0 Å². The molecule has 0 bridgehead atoms. The van der Waals surface area contributed by atoms with E-state index in [1.54, 1.807) is 0 Å². The number of hydrogen-bond acceptors (Lipinski definition) is 2. The molecule has 0 saturated carbocycles. The second-order valence-corrected chi connectivity index (χ2v) is 4.44. The van der Waals surface area contributed by atoms with Crippen molar-refractivity contribution in [2.45, 2.75) is 33.3 Å². The summed E-state index contributed by atoms with van der Waals surface area (Å²) in [5.74, 6) is 1.06. The van der Waals surface area contributed by atoms with Crippen molar-refractivity contribution in [3.8, 4) is 5.75 Å². The first-order valence-electron chi connectivity index (χ1n) is 5.62. The number of benzene rings is 1. The van der Waals surface area contributed by atoms with E-state index in [9.17, 15) is 0 Å². The predicted molar refractivity (Wildman–Crippen MR) is 62.6 cm³/mol. The Morgan fingerprint density at radius 3 is 2.73 bits per heavy atom. The van der Waals surface area contributed by atoms with Gasteiger partial charge in [-0.05, 0) is 56.5 Å². The molecule has 15 heavy (non-hydrogen) atoms. The molecule has 1 saturated heterocycles. The molecule has 2 heteroatoms. The summed E-state index contributed by atoms with van der Waals surface area (Å²) in [6.45, 7) is 8.45. The van der Waals surface area contributed by atoms with Gasteiger partial charge >= 0.3 is 0 Å². The van der Waals surface area contributed by atoms with Gasteiger partial charge in [0.2, 0.25) is 0 Å². The van der Waals surface area contributed by atoms with Crippen molar-refractivity contribution in [2.75, 3.05) is 13.1 Å². The fourth-order valence-electron chi connectivity index (χ4n) is 2.03. The molecule has 0 radical (unpaired) electrons. The molecule has 82 valence electrons. The van der Waals surface area contributed by atoms with E-state index in [2.05, 4.69) is 38.2 Å². The summed E-state index contributed by atoms with van der Waals surface area (Å²) in [6.07, 6.45) is 1.47. The molecule has 1 aromatic rings. The van der Waals surface area contributed by atoms with Crippen LogP contribution in [0.15, 0.2) is 12.1 Å². The van der Waals surface area contributed by atoms with Crippen LogP contribution in [0.25, 0.3) is 0 Å². The van der Waals surface area contributed by atoms with Gasteiger partial charge in [-0.1, -0.05) is 6.07 Å². The monoisotopic (exact) mass is 205 g/mol. The Balaban J connectivity index is 2.19. The Kier molecular flexibility index (Phi) is 2.96. The molecule has 1 atom stereocenters. The smallest absolute Gasteiger partial charge is 0.123 e. The van der Waals surface area contributed by atoms with E-state index in [4.69, 9.17) is 4.74 Å². The number of rotatable bonds is 2. The number of ether oxygens (including phenoxy) is 1. The third kappa shape index (κ3) is 2.32. The molecule has 2 nitrogen and oxygen atoms in total. The zero-order valence-electron chi connectivity index (χ0n) is 9.76. The van der Waals surface area contributed by atoms with Crippen LogP contribution < -0.4 is 10.1 Å². The first-order valence-corrected chi connectivity index (χ1v) is 5.62. The average Bonchev–Trinajstić information content (AvgIpc) is 2.66. The van der Waals surface area contributed by atoms with Crippen LogP contribution in [0.2, 0.25) is 0 Å². The highest BCUT2D eigenvalue weighted by molar-refractivity contribution is 5.42. The largest absolute Gasteiger partial charge is 0.489 e. The third-order valence-corrected chi connectivity index (χ3v) is 3.07. The van der Waals surface area contributed by atoms with E-state index in [1.165, 1.54) is 16.7 Å². The minimum absolute atomic E-state index is 0.352. The van der Waals surface area contributed by atoms with E-state index in [-0.39, 0.29) is 0 Å². The number of hydrogen-bond donors (Lipinski definition) is 1. The first kappa shape index (κ1) is 10.5. The fourth-order valence-corrected chi connectivity index (χ4v) is 2.03. The highest BCUT2D eigenvalue weighted by Crippen LogP contribution is 2.25. The normalized spacial score (nSPS) is 20.6. The van der Waals surface area contributed by atoms with Crippen LogP contribution in [-0.4, -0.2) is 19.2 Å². The highest BCUT2D eigenvalue weighted by Gasteiger charge is 2.17. The summed E-state index contributed by atoms with van der Waals surface area (Å²) in [5, 5.41) is 3.32. The second kappa shape index (κ2) is 4.23. The van der Waals surface area contributed by atoms with E-state index in [0.717, 1.165) is 25.3 Å². The molecule has 2 rings (SSSR count). The number of nitrogens with one attached hydrogen (secondary N) is 1. The maximum absolute atomic E-state index is 6.01. The van der Waals surface area contributed by atoms with Crippen LogP contribution in [0, 0.1) is 20.8 Å². The van der Waals surface area contributed by atoms with Crippen LogP contribution in [0.3, 0.4) is 0 Å². The molecule has 1 unspecified atom stereocenters. The van der Waals surface area contributed by atoms with Crippen molar-refractivity contribution in [1.82, 2.24) is 5.32 Å². The second-order valence-electron chi connectivity index (χ2n) is 4.44. The van der Waals surface area contributed by atoms with Crippen LogP contribution >= 0.6 is 0 Å². The standard InChI is InChI=1S/C13H19NO/c1-9-6-10(2)11(3)13(7-9)15-12-4-5-14-8-12/h6-7,12,14H,4-5,8H2,1-3H3. The third-order valence-electron chi connectivity index (χ3n) is 3.07. The Morgan fingerprint density at radius 1 is 1.27 bits per heavy atom. The number of aryl methyl sites for hydroxylation is 2. The molecule has 1 fully saturated rings. The van der Waals surface area contributed by atoms with Gasteiger partial charge in [-0.15, -0.1) is 0 Å². The molecule has 1 aliphatic rings. The van der Waals surface area contributed by atoms with Crippen LogP contribution in [-0.2, 0) is 0 Å². The zero-order chi connectivity index (χ0) is 10.8. The minimum Gasteiger partial charge on any atom is -0.489 e. The molecular weight excluding hydrogens is 186 g/mol.